The average Bonchev–Trinajstić information content (AvgIpc) is 2.50. The van der Waals surface area contributed by atoms with Gasteiger partial charge in [0.15, 0.2) is 7.38 Å². The van der Waals surface area contributed by atoms with Crippen LogP contribution in [0.3, 0.4) is 0 Å². The van der Waals surface area contributed by atoms with Gasteiger partial charge in [0.05, 0.1) is 0 Å². The van der Waals surface area contributed by atoms with E-state index in [2.05, 4.69) is 0 Å². The largest absolute Gasteiger partial charge is 0.460 e. The minimum Gasteiger partial charge on any atom is -0.200 e. The zero-order valence-electron chi connectivity index (χ0n) is 13.6. The maximum absolute atomic E-state index is 13.6. The molecule has 0 saturated carbocycles. The quantitative estimate of drug-likeness (QED) is 0.189. The summed E-state index contributed by atoms with van der Waals surface area (Å²) in [5, 5.41) is 0. The summed E-state index contributed by atoms with van der Waals surface area (Å²) in [6.45, 7) is 2.73. The predicted molar refractivity (Wildman–Crippen MR) is 72.8 cm³/mol. The smallest absolute Gasteiger partial charge is 0.200 e. The summed E-state index contributed by atoms with van der Waals surface area (Å²) in [6, 6.07) is -0.974. The molecule has 0 amide bonds. The van der Waals surface area contributed by atoms with Crippen LogP contribution in [0.5, 0.6) is 0 Å². The monoisotopic (exact) mass is 468 g/mol. The maximum atomic E-state index is 13.6. The minimum absolute atomic E-state index is 0.00536. The summed E-state index contributed by atoms with van der Waals surface area (Å²) in [5.74, 6) is -36.5. The van der Waals surface area contributed by atoms with Crippen LogP contribution in [0.4, 0.5) is 57.1 Å². The zero-order valence-corrected chi connectivity index (χ0v) is 15.4. The van der Waals surface area contributed by atoms with Gasteiger partial charge in [-0.25, -0.2) is 0 Å². The van der Waals surface area contributed by atoms with Gasteiger partial charge in [-0.05, 0) is 18.1 Å². The molecule has 0 fully saturated rings. The van der Waals surface area contributed by atoms with Crippen LogP contribution < -0.4 is 0 Å². The van der Waals surface area contributed by atoms with Crippen LogP contribution in [0.2, 0.25) is 18.1 Å². The Labute approximate surface area is 150 Å². The molecule has 0 spiro atoms. The lowest BCUT2D eigenvalue weighted by molar-refractivity contribution is -0.439. The van der Waals surface area contributed by atoms with E-state index in [4.69, 9.17) is 11.1 Å². The van der Waals surface area contributed by atoms with Crippen LogP contribution in [0.25, 0.3) is 0 Å². The lowest BCUT2D eigenvalue weighted by atomic mass is 9.93. The Balaban J connectivity index is 6.01. The van der Waals surface area contributed by atoms with Crippen molar-refractivity contribution in [3.05, 3.63) is 0 Å². The third kappa shape index (κ3) is 4.30. The van der Waals surface area contributed by atoms with Crippen molar-refractivity contribution in [2.45, 2.75) is 74.2 Å². The first-order valence-corrected chi connectivity index (χ1v) is 10.9. The highest BCUT2D eigenvalue weighted by atomic mass is 35.6. The summed E-state index contributed by atoms with van der Waals surface area (Å²) in [4.78, 5) is 0. The van der Waals surface area contributed by atoms with Crippen molar-refractivity contribution < 1.29 is 57.1 Å². The summed E-state index contributed by atoms with van der Waals surface area (Å²) in [5.41, 5.74) is 0. The van der Waals surface area contributed by atoms with Gasteiger partial charge in [0.2, 0.25) is 0 Å². The molecule has 0 atom stereocenters. The maximum Gasteiger partial charge on any atom is 0.460 e. The molecule has 0 aromatic carbocycles. The Bertz CT molecular complexity index is 510. The molecule has 0 aromatic heterocycles. The first-order valence-electron chi connectivity index (χ1n) is 7.22. The highest BCUT2D eigenvalue weighted by Gasteiger charge is 2.90. The lowest BCUT2D eigenvalue weighted by Gasteiger charge is -2.40. The lowest BCUT2D eigenvalue weighted by Crippen LogP contribution is -2.70. The van der Waals surface area contributed by atoms with Gasteiger partial charge in [0.25, 0.3) is 0 Å². The van der Waals surface area contributed by atoms with Crippen LogP contribution in [0, 0.1) is 0 Å². The van der Waals surface area contributed by atoms with Gasteiger partial charge in [0.1, 0.15) is 0 Å². The molecule has 0 unspecified atom stereocenters. The number of alkyl halides is 13. The van der Waals surface area contributed by atoms with Crippen molar-refractivity contribution >= 4 is 18.5 Å². The molecule has 0 aliphatic rings. The SMILES string of the molecule is CC[Si](Cl)(CC)CCC(F)(F)C(F)(F)C(F)(F)C(F)(F)C(F)(F)C(F)(F)F. The second-order valence-electron chi connectivity index (χ2n) is 5.86. The molecule has 0 bridgehead atoms. The molecule has 15 heteroatoms. The Kier molecular flexibility index (Phi) is 7.34. The fraction of sp³-hybridized carbons (Fsp3) is 1.00. The van der Waals surface area contributed by atoms with Gasteiger partial charge in [-0.1, -0.05) is 13.8 Å². The van der Waals surface area contributed by atoms with Gasteiger partial charge in [-0.2, -0.15) is 68.2 Å². The first kappa shape index (κ1) is 26.6. The first-order chi connectivity index (χ1) is 11.6. The van der Waals surface area contributed by atoms with Crippen molar-refractivity contribution in [1.82, 2.24) is 0 Å². The van der Waals surface area contributed by atoms with Crippen LogP contribution >= 0.6 is 11.1 Å². The molecule has 0 nitrogen and oxygen atoms in total. The Hall–Kier alpha value is -0.403. The van der Waals surface area contributed by atoms with E-state index in [9.17, 15) is 57.1 Å². The standard InChI is InChI=1S/C12H14ClF13Si/c1-3-27(13,4-2)6-5-7(14,15)8(16,17)9(18,19)10(20,21)11(22,23)12(24,25)26/h3-6H2,1-2H3. The summed E-state index contributed by atoms with van der Waals surface area (Å²) in [7, 11) is -3.16. The van der Waals surface area contributed by atoms with Crippen molar-refractivity contribution in [1.29, 1.82) is 0 Å². The topological polar surface area (TPSA) is 0 Å². The molecule has 0 aliphatic carbocycles. The number of halogens is 14. The predicted octanol–water partition coefficient (Wildman–Crippen LogP) is 7.34. The Morgan fingerprint density at radius 1 is 0.593 bits per heavy atom. The second-order valence-corrected chi connectivity index (χ2v) is 12.5. The number of rotatable bonds is 9. The van der Waals surface area contributed by atoms with E-state index in [1.807, 2.05) is 0 Å². The van der Waals surface area contributed by atoms with Gasteiger partial charge in [-0.3, -0.25) is 0 Å². The molecule has 164 valence electrons. The molecule has 27 heavy (non-hydrogen) atoms. The summed E-state index contributed by atoms with van der Waals surface area (Å²) >= 11 is 5.86. The molecule has 0 aliphatic heterocycles. The molecule has 0 N–H and O–H groups in total. The Morgan fingerprint density at radius 2 is 0.926 bits per heavy atom. The normalized spacial score (nSPS) is 16.0. The van der Waals surface area contributed by atoms with E-state index < -0.39 is 55.6 Å². The van der Waals surface area contributed by atoms with Crippen molar-refractivity contribution in [2.75, 3.05) is 0 Å². The van der Waals surface area contributed by atoms with Crippen molar-refractivity contribution in [3.63, 3.8) is 0 Å². The molecule has 0 rings (SSSR count). The number of hydrogen-bond acceptors (Lipinski definition) is 0. The number of hydrogen-bond donors (Lipinski definition) is 0. The fourth-order valence-corrected chi connectivity index (χ4v) is 4.20. The van der Waals surface area contributed by atoms with Crippen LogP contribution in [0.1, 0.15) is 20.3 Å². The van der Waals surface area contributed by atoms with Crippen LogP contribution in [-0.2, 0) is 0 Å². The molecular weight excluding hydrogens is 455 g/mol. The van der Waals surface area contributed by atoms with E-state index in [-0.39, 0.29) is 12.1 Å². The van der Waals surface area contributed by atoms with E-state index in [1.165, 1.54) is 13.8 Å². The van der Waals surface area contributed by atoms with Crippen LogP contribution in [-0.4, -0.2) is 43.2 Å². The Morgan fingerprint density at radius 3 is 1.22 bits per heavy atom. The summed E-state index contributed by atoms with van der Waals surface area (Å²) < 4.78 is 168. The molecule has 0 heterocycles. The van der Waals surface area contributed by atoms with Crippen molar-refractivity contribution in [3.8, 4) is 0 Å². The highest BCUT2D eigenvalue weighted by Crippen LogP contribution is 2.61. The molecule has 0 radical (unpaired) electrons. The van der Waals surface area contributed by atoms with Crippen molar-refractivity contribution in [2.24, 2.45) is 0 Å². The fourth-order valence-electron chi connectivity index (χ4n) is 1.94. The molecule has 0 saturated heterocycles. The highest BCUT2D eigenvalue weighted by molar-refractivity contribution is 7.20. The van der Waals surface area contributed by atoms with E-state index >= 15 is 0 Å². The van der Waals surface area contributed by atoms with E-state index in [1.54, 1.807) is 0 Å². The third-order valence-electron chi connectivity index (χ3n) is 4.15. The minimum atomic E-state index is -7.85. The van der Waals surface area contributed by atoms with Gasteiger partial charge < -0.3 is 0 Å². The molecule has 0 aromatic rings. The van der Waals surface area contributed by atoms with Gasteiger partial charge in [-0.15, -0.1) is 0 Å². The average molecular weight is 469 g/mol. The third-order valence-corrected chi connectivity index (χ3v) is 10.0. The second kappa shape index (κ2) is 7.45. The summed E-state index contributed by atoms with van der Waals surface area (Å²) in [6.07, 6.45) is -9.59. The van der Waals surface area contributed by atoms with E-state index in [0.29, 0.717) is 0 Å². The van der Waals surface area contributed by atoms with Gasteiger partial charge >= 0.3 is 35.8 Å². The molecular formula is C12H14ClF13Si. The zero-order chi connectivity index (χ0) is 22.3. The van der Waals surface area contributed by atoms with E-state index in [0.717, 1.165) is 0 Å². The van der Waals surface area contributed by atoms with Gasteiger partial charge in [0, 0.05) is 6.42 Å². The van der Waals surface area contributed by atoms with Crippen LogP contribution in [0.15, 0.2) is 0 Å².